The fourth-order valence-electron chi connectivity index (χ4n) is 3.77. The number of nitrogens with two attached hydrogens (primary N) is 1. The SMILES string of the molecule is Cc1cc(Nc2nccc(C(F)(F)F)n2)cc(-c2cnc(C3(O)CCN(C(=O)CC(N)=O)C3)s2)c1. The molecule has 0 radical (unpaired) electrons. The number of alkyl halides is 3. The number of hydrogen-bond acceptors (Lipinski definition) is 8. The summed E-state index contributed by atoms with van der Waals surface area (Å²) in [5, 5.41) is 14.3. The van der Waals surface area contributed by atoms with Gasteiger partial charge < -0.3 is 21.1 Å². The van der Waals surface area contributed by atoms with Crippen molar-refractivity contribution in [1.82, 2.24) is 19.9 Å². The third-order valence-corrected chi connectivity index (χ3v) is 6.63. The minimum Gasteiger partial charge on any atom is -0.381 e. The second-order valence-electron chi connectivity index (χ2n) is 8.25. The Labute approximate surface area is 201 Å². The maximum absolute atomic E-state index is 13.0. The Morgan fingerprint density at radius 2 is 2.06 bits per heavy atom. The summed E-state index contributed by atoms with van der Waals surface area (Å²) in [6, 6.07) is 6.12. The van der Waals surface area contributed by atoms with Crippen molar-refractivity contribution in [3.63, 3.8) is 0 Å². The van der Waals surface area contributed by atoms with E-state index in [2.05, 4.69) is 20.3 Å². The van der Waals surface area contributed by atoms with Gasteiger partial charge >= 0.3 is 6.18 Å². The number of thiazole rings is 1. The molecular formula is C22H21F3N6O3S. The number of aliphatic hydroxyl groups is 1. The van der Waals surface area contributed by atoms with Gasteiger partial charge in [-0.3, -0.25) is 9.59 Å². The summed E-state index contributed by atoms with van der Waals surface area (Å²) < 4.78 is 38.9. The van der Waals surface area contributed by atoms with Crippen LogP contribution in [-0.2, 0) is 21.4 Å². The maximum Gasteiger partial charge on any atom is 0.433 e. The van der Waals surface area contributed by atoms with Crippen LogP contribution in [0.5, 0.6) is 0 Å². The van der Waals surface area contributed by atoms with Gasteiger partial charge in [0.2, 0.25) is 17.8 Å². The molecular weight excluding hydrogens is 485 g/mol. The van der Waals surface area contributed by atoms with Gasteiger partial charge in [-0.1, -0.05) is 6.07 Å². The number of β-amino-alcohol motifs (C(OH)–C–C–N with tert-alkyl or cyclic N) is 1. The number of hydrogen-bond donors (Lipinski definition) is 3. The van der Waals surface area contributed by atoms with Crippen LogP contribution in [0.2, 0.25) is 0 Å². The van der Waals surface area contributed by atoms with E-state index in [4.69, 9.17) is 5.73 Å². The lowest BCUT2D eigenvalue weighted by Gasteiger charge is -2.21. The Balaban J connectivity index is 1.54. The van der Waals surface area contributed by atoms with Gasteiger partial charge in [0, 0.05) is 31.0 Å². The highest BCUT2D eigenvalue weighted by atomic mass is 32.1. The molecule has 0 aliphatic carbocycles. The Hall–Kier alpha value is -3.58. The van der Waals surface area contributed by atoms with E-state index in [0.29, 0.717) is 15.6 Å². The van der Waals surface area contributed by atoms with E-state index in [1.54, 1.807) is 18.3 Å². The molecule has 3 aromatic rings. The van der Waals surface area contributed by atoms with Crippen molar-refractivity contribution in [2.24, 2.45) is 5.73 Å². The number of halogens is 3. The summed E-state index contributed by atoms with van der Waals surface area (Å²) in [7, 11) is 0. The zero-order valence-electron chi connectivity index (χ0n) is 18.5. The van der Waals surface area contributed by atoms with E-state index in [0.717, 1.165) is 23.4 Å². The predicted molar refractivity (Wildman–Crippen MR) is 122 cm³/mol. The molecule has 1 fully saturated rings. The average molecular weight is 507 g/mol. The van der Waals surface area contributed by atoms with Crippen LogP contribution in [-0.4, -0.2) is 49.9 Å². The zero-order chi connectivity index (χ0) is 25.4. The van der Waals surface area contributed by atoms with Gasteiger partial charge in [0.15, 0.2) is 0 Å². The van der Waals surface area contributed by atoms with Crippen LogP contribution < -0.4 is 11.1 Å². The average Bonchev–Trinajstić information content (AvgIpc) is 3.41. The number of rotatable bonds is 6. The highest BCUT2D eigenvalue weighted by Crippen LogP contribution is 2.38. The van der Waals surface area contributed by atoms with E-state index >= 15 is 0 Å². The number of carbonyl (C=O) groups excluding carboxylic acids is 2. The van der Waals surface area contributed by atoms with Crippen LogP contribution in [0.4, 0.5) is 24.8 Å². The molecule has 4 rings (SSSR count). The Morgan fingerprint density at radius 3 is 2.77 bits per heavy atom. The van der Waals surface area contributed by atoms with Gasteiger partial charge in [0.05, 0.1) is 11.4 Å². The first-order chi connectivity index (χ1) is 16.4. The first kappa shape index (κ1) is 24.5. The van der Waals surface area contributed by atoms with Gasteiger partial charge in [-0.25, -0.2) is 15.0 Å². The van der Waals surface area contributed by atoms with Crippen LogP contribution in [0.15, 0.2) is 36.7 Å². The molecule has 1 aromatic carbocycles. The molecule has 2 aromatic heterocycles. The second kappa shape index (κ2) is 9.23. The summed E-state index contributed by atoms with van der Waals surface area (Å²) in [5.41, 5.74) is 4.72. The van der Waals surface area contributed by atoms with Crippen molar-refractivity contribution in [1.29, 1.82) is 0 Å². The minimum atomic E-state index is -4.59. The number of carbonyl (C=O) groups is 2. The standard InChI is InChI=1S/C22H21F3N6O3S/c1-12-6-13(8-14(7-12)29-20-27-4-2-16(30-20)22(23,24)25)15-10-28-19(35-15)21(34)3-5-31(11-21)18(33)9-17(26)32/h2,4,6-8,10,34H,3,5,9,11H2,1H3,(H2,26,32)(H,27,29,30). The molecule has 1 aliphatic heterocycles. The van der Waals surface area contributed by atoms with Crippen LogP contribution in [0.3, 0.4) is 0 Å². The lowest BCUT2D eigenvalue weighted by Crippen LogP contribution is -2.36. The van der Waals surface area contributed by atoms with Gasteiger partial charge in [-0.05, 0) is 36.2 Å². The predicted octanol–water partition coefficient (Wildman–Crippen LogP) is 2.97. The van der Waals surface area contributed by atoms with Crippen molar-refractivity contribution in [2.75, 3.05) is 18.4 Å². The van der Waals surface area contributed by atoms with Crippen LogP contribution >= 0.6 is 11.3 Å². The van der Waals surface area contributed by atoms with Crippen molar-refractivity contribution < 1.29 is 27.9 Å². The number of primary amides is 1. The number of nitrogens with zero attached hydrogens (tertiary/aromatic N) is 4. The Kier molecular flexibility index (Phi) is 6.47. The maximum atomic E-state index is 13.0. The van der Waals surface area contributed by atoms with Crippen LogP contribution in [0.25, 0.3) is 10.4 Å². The first-order valence-electron chi connectivity index (χ1n) is 10.5. The lowest BCUT2D eigenvalue weighted by molar-refractivity contribution is -0.141. The van der Waals surface area contributed by atoms with Crippen molar-refractivity contribution >= 4 is 34.8 Å². The highest BCUT2D eigenvalue weighted by Gasteiger charge is 2.42. The summed E-state index contributed by atoms with van der Waals surface area (Å²) in [5.74, 6) is -1.37. The highest BCUT2D eigenvalue weighted by molar-refractivity contribution is 7.15. The van der Waals surface area contributed by atoms with Gasteiger partial charge in [-0.15, -0.1) is 11.3 Å². The minimum absolute atomic E-state index is 0.000422. The zero-order valence-corrected chi connectivity index (χ0v) is 19.3. The van der Waals surface area contributed by atoms with E-state index in [1.165, 1.54) is 16.2 Å². The molecule has 0 bridgehead atoms. The number of likely N-dealkylation sites (tertiary alicyclic amines) is 1. The van der Waals surface area contributed by atoms with E-state index in [-0.39, 0.29) is 25.5 Å². The largest absolute Gasteiger partial charge is 0.433 e. The van der Waals surface area contributed by atoms with Gasteiger partial charge in [0.1, 0.15) is 22.7 Å². The molecule has 9 nitrogen and oxygen atoms in total. The topological polar surface area (TPSA) is 134 Å². The fourth-order valence-corrected chi connectivity index (χ4v) is 4.78. The number of nitrogens with one attached hydrogen (secondary N) is 1. The molecule has 13 heteroatoms. The number of benzene rings is 1. The Morgan fingerprint density at radius 1 is 1.29 bits per heavy atom. The molecule has 1 saturated heterocycles. The summed E-state index contributed by atoms with van der Waals surface area (Å²) in [4.78, 5) is 37.0. The summed E-state index contributed by atoms with van der Waals surface area (Å²) in [6.07, 6.45) is -2.13. The molecule has 184 valence electrons. The molecule has 1 atom stereocenters. The molecule has 4 N–H and O–H groups in total. The van der Waals surface area contributed by atoms with Crippen LogP contribution in [0.1, 0.15) is 29.1 Å². The summed E-state index contributed by atoms with van der Waals surface area (Å²) >= 11 is 1.24. The van der Waals surface area contributed by atoms with Gasteiger partial charge in [-0.2, -0.15) is 13.2 Å². The molecule has 1 aliphatic rings. The number of anilines is 2. The van der Waals surface area contributed by atoms with Crippen molar-refractivity contribution in [3.8, 4) is 10.4 Å². The molecule has 0 spiro atoms. The Bertz CT molecular complexity index is 1280. The molecule has 1 unspecified atom stereocenters. The molecule has 3 heterocycles. The van der Waals surface area contributed by atoms with Crippen LogP contribution in [0, 0.1) is 6.92 Å². The quantitative estimate of drug-likeness (QED) is 0.438. The molecule has 35 heavy (non-hydrogen) atoms. The monoisotopic (exact) mass is 506 g/mol. The van der Waals surface area contributed by atoms with Crippen molar-refractivity contribution in [3.05, 3.63) is 52.9 Å². The lowest BCUT2D eigenvalue weighted by atomic mass is 10.1. The number of amides is 2. The van der Waals surface area contributed by atoms with E-state index in [1.807, 2.05) is 13.0 Å². The smallest absolute Gasteiger partial charge is 0.381 e. The number of aromatic nitrogens is 3. The fraction of sp³-hybridized carbons (Fsp3) is 0.318. The third kappa shape index (κ3) is 5.57. The van der Waals surface area contributed by atoms with Crippen molar-refractivity contribution in [2.45, 2.75) is 31.5 Å². The van der Waals surface area contributed by atoms with E-state index in [9.17, 15) is 27.9 Å². The normalized spacial score (nSPS) is 18.0. The summed E-state index contributed by atoms with van der Waals surface area (Å²) in [6.45, 7) is 2.10. The van der Waals surface area contributed by atoms with Gasteiger partial charge in [0.25, 0.3) is 0 Å². The first-order valence-corrected chi connectivity index (χ1v) is 11.3. The number of aryl methyl sites for hydroxylation is 1. The molecule has 0 saturated carbocycles. The third-order valence-electron chi connectivity index (χ3n) is 5.39. The second-order valence-corrected chi connectivity index (χ2v) is 9.28. The molecule has 2 amide bonds. The van der Waals surface area contributed by atoms with E-state index < -0.39 is 35.7 Å².